The van der Waals surface area contributed by atoms with Crippen LogP contribution in [0.25, 0.3) is 10.9 Å². The second kappa shape index (κ2) is 14.2. The van der Waals surface area contributed by atoms with Gasteiger partial charge in [-0.3, -0.25) is 19.2 Å². The van der Waals surface area contributed by atoms with Crippen molar-refractivity contribution >= 4 is 53.2 Å². The SMILES string of the molecule is NC(CS)C(=O)NC(Cc1c[nH]c2ccccc12)C(=O)NC(CC(=O)O)C(=O)NC(Cc1ccc(O)cc1)C(=O)O. The molecule has 0 aliphatic rings. The van der Waals surface area contributed by atoms with E-state index in [0.717, 1.165) is 10.9 Å². The van der Waals surface area contributed by atoms with Gasteiger partial charge in [-0.25, -0.2) is 4.79 Å². The molecule has 2 aromatic carbocycles. The first-order valence-electron chi connectivity index (χ1n) is 12.5. The molecule has 3 aromatic rings. The van der Waals surface area contributed by atoms with Crippen LogP contribution in [-0.4, -0.2) is 79.9 Å². The number of aromatic hydroxyl groups is 1. The van der Waals surface area contributed by atoms with Crippen molar-refractivity contribution < 1.29 is 39.3 Å². The highest BCUT2D eigenvalue weighted by atomic mass is 32.1. The molecule has 9 N–H and O–H groups in total. The third-order valence-corrected chi connectivity index (χ3v) is 6.66. The summed E-state index contributed by atoms with van der Waals surface area (Å²) >= 11 is 4.01. The van der Waals surface area contributed by atoms with Gasteiger partial charge in [0.2, 0.25) is 17.7 Å². The Morgan fingerprint density at radius 3 is 2.07 bits per heavy atom. The zero-order valence-electron chi connectivity index (χ0n) is 21.7. The fourth-order valence-electron chi connectivity index (χ4n) is 4.09. The molecule has 0 aliphatic carbocycles. The van der Waals surface area contributed by atoms with Crippen molar-refractivity contribution in [2.24, 2.45) is 5.73 Å². The lowest BCUT2D eigenvalue weighted by atomic mass is 10.0. The molecule has 218 valence electrons. The summed E-state index contributed by atoms with van der Waals surface area (Å²) in [6.07, 6.45) is 0.613. The maximum absolute atomic E-state index is 13.4. The third-order valence-electron chi connectivity index (χ3n) is 6.27. The number of aromatic amines is 1. The smallest absolute Gasteiger partial charge is 0.326 e. The lowest BCUT2D eigenvalue weighted by molar-refractivity contribution is -0.143. The van der Waals surface area contributed by atoms with E-state index < -0.39 is 60.2 Å². The van der Waals surface area contributed by atoms with Crippen LogP contribution in [0.2, 0.25) is 0 Å². The highest BCUT2D eigenvalue weighted by Crippen LogP contribution is 2.19. The number of rotatable bonds is 14. The number of phenols is 1. The number of aliphatic carboxylic acids is 2. The largest absolute Gasteiger partial charge is 0.508 e. The third kappa shape index (κ3) is 8.71. The molecule has 0 saturated heterocycles. The van der Waals surface area contributed by atoms with Crippen LogP contribution in [0.1, 0.15) is 17.5 Å². The highest BCUT2D eigenvalue weighted by Gasteiger charge is 2.32. The number of thiol groups is 1. The van der Waals surface area contributed by atoms with Gasteiger partial charge in [-0.05, 0) is 29.3 Å². The summed E-state index contributed by atoms with van der Waals surface area (Å²) < 4.78 is 0. The summed E-state index contributed by atoms with van der Waals surface area (Å²) in [6.45, 7) is 0. The first-order valence-corrected chi connectivity index (χ1v) is 13.2. The molecule has 4 unspecified atom stereocenters. The molecule has 3 rings (SSSR count). The number of benzene rings is 2. The van der Waals surface area contributed by atoms with Gasteiger partial charge in [0.1, 0.15) is 23.9 Å². The molecule has 0 saturated carbocycles. The van der Waals surface area contributed by atoms with E-state index in [9.17, 15) is 39.3 Å². The van der Waals surface area contributed by atoms with E-state index in [1.165, 1.54) is 24.3 Å². The molecule has 0 radical (unpaired) electrons. The number of phenolic OH excluding ortho intramolecular Hbond substituents is 1. The summed E-state index contributed by atoms with van der Waals surface area (Å²) in [5.74, 6) is -5.45. The van der Waals surface area contributed by atoms with E-state index in [0.29, 0.717) is 11.1 Å². The average Bonchev–Trinajstić information content (AvgIpc) is 3.34. The van der Waals surface area contributed by atoms with Gasteiger partial charge in [-0.2, -0.15) is 12.6 Å². The molecule has 3 amide bonds. The van der Waals surface area contributed by atoms with Crippen molar-refractivity contribution in [1.29, 1.82) is 0 Å². The van der Waals surface area contributed by atoms with Crippen molar-refractivity contribution in [2.45, 2.75) is 43.4 Å². The molecule has 4 atom stereocenters. The monoisotopic (exact) mass is 585 g/mol. The first kappa shape index (κ1) is 31.0. The van der Waals surface area contributed by atoms with Crippen molar-refractivity contribution in [1.82, 2.24) is 20.9 Å². The Morgan fingerprint density at radius 1 is 0.829 bits per heavy atom. The number of hydrogen-bond donors (Lipinski definition) is 9. The Kier molecular flexibility index (Phi) is 10.7. The molecule has 1 aromatic heterocycles. The van der Waals surface area contributed by atoms with Gasteiger partial charge in [0.05, 0.1) is 12.5 Å². The van der Waals surface area contributed by atoms with E-state index in [2.05, 4.69) is 33.6 Å². The Hall–Kier alpha value is -4.56. The maximum Gasteiger partial charge on any atom is 0.326 e. The Balaban J connectivity index is 1.81. The standard InChI is InChI=1S/C27H31N5O8S/c28-18(13-41)24(36)30-20(10-15-12-29-19-4-2-1-3-17(15)19)25(37)31-21(11-23(34)35)26(38)32-22(27(39)40)9-14-5-7-16(33)8-6-14/h1-8,12,18,20-22,29,33,41H,9-11,13,28H2,(H,30,36)(H,31,37)(H,32,38)(H,34,35)(H,39,40). The van der Waals surface area contributed by atoms with Gasteiger partial charge >= 0.3 is 11.9 Å². The van der Waals surface area contributed by atoms with E-state index in [1.54, 1.807) is 12.3 Å². The molecular weight excluding hydrogens is 554 g/mol. The summed E-state index contributed by atoms with van der Waals surface area (Å²) in [4.78, 5) is 65.5. The number of carbonyl (C=O) groups is 5. The van der Waals surface area contributed by atoms with Crippen molar-refractivity contribution in [2.75, 3.05) is 5.75 Å². The number of carboxylic acid groups (broad SMARTS) is 2. The van der Waals surface area contributed by atoms with E-state index >= 15 is 0 Å². The number of fused-ring (bicyclic) bond motifs is 1. The van der Waals surface area contributed by atoms with Crippen molar-refractivity contribution in [3.05, 3.63) is 65.9 Å². The second-order valence-electron chi connectivity index (χ2n) is 9.34. The number of aromatic nitrogens is 1. The number of nitrogens with two attached hydrogens (primary N) is 1. The predicted molar refractivity (Wildman–Crippen MR) is 151 cm³/mol. The first-order chi connectivity index (χ1) is 19.5. The molecule has 14 heteroatoms. The highest BCUT2D eigenvalue weighted by molar-refractivity contribution is 7.80. The molecule has 0 spiro atoms. The number of para-hydroxylation sites is 1. The fraction of sp³-hybridized carbons (Fsp3) is 0.296. The quantitative estimate of drug-likeness (QED) is 0.115. The lowest BCUT2D eigenvalue weighted by Gasteiger charge is -2.24. The number of carbonyl (C=O) groups excluding carboxylic acids is 3. The van der Waals surface area contributed by atoms with E-state index in [4.69, 9.17) is 5.73 Å². The zero-order valence-corrected chi connectivity index (χ0v) is 22.6. The van der Waals surface area contributed by atoms with Crippen LogP contribution in [0.5, 0.6) is 5.75 Å². The van der Waals surface area contributed by atoms with Crippen LogP contribution < -0.4 is 21.7 Å². The second-order valence-corrected chi connectivity index (χ2v) is 9.71. The topological polar surface area (TPSA) is 224 Å². The maximum atomic E-state index is 13.4. The zero-order chi connectivity index (χ0) is 30.1. The van der Waals surface area contributed by atoms with Crippen molar-refractivity contribution in [3.63, 3.8) is 0 Å². The van der Waals surface area contributed by atoms with Gasteiger partial charge in [-0.15, -0.1) is 0 Å². The lowest BCUT2D eigenvalue weighted by Crippen LogP contribution is -2.58. The van der Waals surface area contributed by atoms with Gasteiger partial charge in [0.25, 0.3) is 0 Å². The molecule has 0 aliphatic heterocycles. The minimum Gasteiger partial charge on any atom is -0.508 e. The molecule has 13 nitrogen and oxygen atoms in total. The average molecular weight is 586 g/mol. The summed E-state index contributed by atoms with van der Waals surface area (Å²) in [6, 6.07) is 7.49. The van der Waals surface area contributed by atoms with Crippen molar-refractivity contribution in [3.8, 4) is 5.75 Å². The summed E-state index contributed by atoms with van der Waals surface area (Å²) in [5, 5.41) is 36.4. The molecule has 1 heterocycles. The van der Waals surface area contributed by atoms with E-state index in [1.807, 2.05) is 18.2 Å². The predicted octanol–water partition coefficient (Wildman–Crippen LogP) is -0.0705. The number of H-pyrrole nitrogens is 1. The molecule has 0 fully saturated rings. The molecule has 0 bridgehead atoms. The van der Waals surface area contributed by atoms with Crippen LogP contribution in [0, 0.1) is 0 Å². The normalized spacial score (nSPS) is 13.9. The Bertz CT molecular complexity index is 1410. The van der Waals surface area contributed by atoms with Crippen LogP contribution >= 0.6 is 12.6 Å². The van der Waals surface area contributed by atoms with Crippen LogP contribution in [0.4, 0.5) is 0 Å². The Morgan fingerprint density at radius 2 is 1.44 bits per heavy atom. The van der Waals surface area contributed by atoms with Gasteiger partial charge in [0.15, 0.2) is 0 Å². The number of hydrogen-bond acceptors (Lipinski definition) is 8. The molecular formula is C27H31N5O8S. The fourth-order valence-corrected chi connectivity index (χ4v) is 4.25. The minimum atomic E-state index is -1.66. The Labute approximate surface area is 239 Å². The van der Waals surface area contributed by atoms with Gasteiger partial charge < -0.3 is 42.0 Å². The van der Waals surface area contributed by atoms with E-state index in [-0.39, 0.29) is 24.3 Å². The van der Waals surface area contributed by atoms with Crippen LogP contribution in [0.3, 0.4) is 0 Å². The minimum absolute atomic E-state index is 0.00505. The number of carboxylic acids is 2. The van der Waals surface area contributed by atoms with Crippen LogP contribution in [0.15, 0.2) is 54.7 Å². The van der Waals surface area contributed by atoms with Crippen LogP contribution in [-0.2, 0) is 36.8 Å². The summed E-state index contributed by atoms with van der Waals surface area (Å²) in [5.41, 5.74) is 7.70. The number of nitrogens with one attached hydrogen (secondary N) is 4. The number of amides is 3. The summed E-state index contributed by atoms with van der Waals surface area (Å²) in [7, 11) is 0. The van der Waals surface area contributed by atoms with Gasteiger partial charge in [0, 0.05) is 35.7 Å². The molecule has 41 heavy (non-hydrogen) atoms. The van der Waals surface area contributed by atoms with Gasteiger partial charge in [-0.1, -0.05) is 30.3 Å².